The van der Waals surface area contributed by atoms with Crippen LogP contribution in [-0.2, 0) is 14.3 Å². The van der Waals surface area contributed by atoms with Crippen molar-refractivity contribution in [1.82, 2.24) is 5.32 Å². The lowest BCUT2D eigenvalue weighted by molar-refractivity contribution is -0.143. The predicted octanol–water partition coefficient (Wildman–Crippen LogP) is 2.69. The normalized spacial score (nSPS) is 11.7. The molecule has 0 aliphatic heterocycles. The summed E-state index contributed by atoms with van der Waals surface area (Å²) in [5, 5.41) is 3.14. The standard InChI is InChI=1S/C13H15Cl2NO3/c1-2-19-13(18)7-11(16-12(17)8-14)9-5-3-4-6-10(9)15/h3-6,11H,2,7-8H2,1H3,(H,16,17)/t11-/m1/s1. The molecule has 0 aromatic heterocycles. The summed E-state index contributed by atoms with van der Waals surface area (Å²) in [6.07, 6.45) is 0.0141. The second kappa shape index (κ2) is 8.02. The molecule has 4 nitrogen and oxygen atoms in total. The quantitative estimate of drug-likeness (QED) is 0.649. The van der Waals surface area contributed by atoms with Gasteiger partial charge in [-0.1, -0.05) is 29.8 Å². The smallest absolute Gasteiger partial charge is 0.308 e. The van der Waals surface area contributed by atoms with Crippen LogP contribution in [0.3, 0.4) is 0 Å². The first-order chi connectivity index (χ1) is 9.08. The summed E-state index contributed by atoms with van der Waals surface area (Å²) < 4.78 is 4.88. The molecule has 0 heterocycles. The van der Waals surface area contributed by atoms with Gasteiger partial charge in [0.1, 0.15) is 5.88 Å². The zero-order chi connectivity index (χ0) is 14.3. The van der Waals surface area contributed by atoms with Gasteiger partial charge in [-0.15, -0.1) is 11.6 Å². The molecule has 0 radical (unpaired) electrons. The molecular formula is C13H15Cl2NO3. The fraction of sp³-hybridized carbons (Fsp3) is 0.385. The average molecular weight is 304 g/mol. The maximum atomic E-state index is 11.6. The topological polar surface area (TPSA) is 55.4 Å². The molecule has 0 bridgehead atoms. The van der Waals surface area contributed by atoms with Gasteiger partial charge in [0.25, 0.3) is 0 Å². The van der Waals surface area contributed by atoms with E-state index in [0.717, 1.165) is 0 Å². The summed E-state index contributed by atoms with van der Waals surface area (Å²) in [4.78, 5) is 23.0. The Balaban J connectivity index is 2.89. The van der Waals surface area contributed by atoms with E-state index >= 15 is 0 Å². The molecule has 0 aliphatic carbocycles. The molecule has 6 heteroatoms. The van der Waals surface area contributed by atoms with Gasteiger partial charge in [0.15, 0.2) is 0 Å². The summed E-state index contributed by atoms with van der Waals surface area (Å²) in [6, 6.07) is 6.46. The van der Waals surface area contributed by atoms with Crippen LogP contribution in [0.15, 0.2) is 24.3 Å². The maximum Gasteiger partial charge on any atom is 0.308 e. The fourth-order valence-corrected chi connectivity index (χ4v) is 1.96. The molecule has 0 saturated heterocycles. The Labute approximate surface area is 122 Å². The van der Waals surface area contributed by atoms with Crippen LogP contribution in [0.5, 0.6) is 0 Å². The minimum Gasteiger partial charge on any atom is -0.466 e. The van der Waals surface area contributed by atoms with Gasteiger partial charge in [-0.25, -0.2) is 0 Å². The van der Waals surface area contributed by atoms with Crippen LogP contribution < -0.4 is 5.32 Å². The van der Waals surface area contributed by atoms with Gasteiger partial charge in [0.2, 0.25) is 5.91 Å². The molecule has 0 unspecified atom stereocenters. The predicted molar refractivity (Wildman–Crippen MR) is 74.3 cm³/mol. The number of carbonyl (C=O) groups is 2. The van der Waals surface area contributed by atoms with Crippen LogP contribution in [0.4, 0.5) is 0 Å². The van der Waals surface area contributed by atoms with Crippen molar-refractivity contribution in [3.63, 3.8) is 0 Å². The number of hydrogen-bond acceptors (Lipinski definition) is 3. The highest BCUT2D eigenvalue weighted by Crippen LogP contribution is 2.25. The van der Waals surface area contributed by atoms with Crippen molar-refractivity contribution in [3.05, 3.63) is 34.9 Å². The van der Waals surface area contributed by atoms with Crippen molar-refractivity contribution in [2.45, 2.75) is 19.4 Å². The number of ether oxygens (including phenoxy) is 1. The maximum absolute atomic E-state index is 11.6. The lowest BCUT2D eigenvalue weighted by Crippen LogP contribution is -2.31. The van der Waals surface area contributed by atoms with E-state index in [4.69, 9.17) is 27.9 Å². The van der Waals surface area contributed by atoms with Crippen molar-refractivity contribution in [1.29, 1.82) is 0 Å². The van der Waals surface area contributed by atoms with E-state index in [1.165, 1.54) is 0 Å². The Morgan fingerprint density at radius 1 is 1.37 bits per heavy atom. The number of halogens is 2. The fourth-order valence-electron chi connectivity index (χ4n) is 1.62. The van der Waals surface area contributed by atoms with E-state index in [-0.39, 0.29) is 24.8 Å². The second-order valence-electron chi connectivity index (χ2n) is 3.78. The van der Waals surface area contributed by atoms with Gasteiger partial charge in [-0.05, 0) is 18.6 Å². The molecule has 19 heavy (non-hydrogen) atoms. The van der Waals surface area contributed by atoms with Gasteiger partial charge in [-0.2, -0.15) is 0 Å². The SMILES string of the molecule is CCOC(=O)C[C@@H](NC(=O)CCl)c1ccccc1Cl. The summed E-state index contributed by atoms with van der Waals surface area (Å²) in [5.41, 5.74) is 0.663. The number of hydrogen-bond donors (Lipinski definition) is 1. The zero-order valence-electron chi connectivity index (χ0n) is 10.5. The third-order valence-corrected chi connectivity index (χ3v) is 3.00. The molecule has 0 saturated carbocycles. The third kappa shape index (κ3) is 5.09. The van der Waals surface area contributed by atoms with Crippen molar-refractivity contribution >= 4 is 35.1 Å². The lowest BCUT2D eigenvalue weighted by atomic mass is 10.0. The highest BCUT2D eigenvalue weighted by atomic mass is 35.5. The Hall–Kier alpha value is -1.26. The molecule has 1 aromatic carbocycles. The zero-order valence-corrected chi connectivity index (χ0v) is 12.0. The number of alkyl halides is 1. The summed E-state index contributed by atoms with van der Waals surface area (Å²) in [7, 11) is 0. The van der Waals surface area contributed by atoms with Crippen LogP contribution in [0.25, 0.3) is 0 Å². The van der Waals surface area contributed by atoms with E-state index < -0.39 is 12.0 Å². The van der Waals surface area contributed by atoms with Crippen LogP contribution in [0, 0.1) is 0 Å². The third-order valence-electron chi connectivity index (χ3n) is 2.41. The summed E-state index contributed by atoms with van der Waals surface area (Å²) in [6.45, 7) is 2.01. The van der Waals surface area contributed by atoms with Crippen LogP contribution in [0.2, 0.25) is 5.02 Å². The van der Waals surface area contributed by atoms with Gasteiger partial charge in [0, 0.05) is 5.02 Å². The molecule has 1 N–H and O–H groups in total. The lowest BCUT2D eigenvalue weighted by Gasteiger charge is -2.19. The summed E-state index contributed by atoms with van der Waals surface area (Å²) in [5.74, 6) is -0.942. The van der Waals surface area contributed by atoms with Gasteiger partial charge in [-0.3, -0.25) is 9.59 Å². The van der Waals surface area contributed by atoms with E-state index in [2.05, 4.69) is 5.32 Å². The molecule has 1 atom stereocenters. The van der Waals surface area contributed by atoms with E-state index in [1.807, 2.05) is 0 Å². The summed E-state index contributed by atoms with van der Waals surface area (Å²) >= 11 is 11.5. The molecule has 104 valence electrons. The Morgan fingerprint density at radius 2 is 2.05 bits per heavy atom. The Morgan fingerprint density at radius 3 is 2.63 bits per heavy atom. The molecule has 0 fully saturated rings. The first-order valence-corrected chi connectivity index (χ1v) is 6.75. The minimum absolute atomic E-state index is 0.0141. The van der Waals surface area contributed by atoms with Gasteiger partial charge in [0.05, 0.1) is 19.1 Å². The van der Waals surface area contributed by atoms with E-state index in [1.54, 1.807) is 31.2 Å². The Bertz CT molecular complexity index is 451. The van der Waals surface area contributed by atoms with Crippen molar-refractivity contribution in [2.24, 2.45) is 0 Å². The van der Waals surface area contributed by atoms with E-state index in [9.17, 15) is 9.59 Å². The largest absolute Gasteiger partial charge is 0.466 e. The van der Waals surface area contributed by atoms with Gasteiger partial charge < -0.3 is 10.1 Å². The second-order valence-corrected chi connectivity index (χ2v) is 4.46. The van der Waals surface area contributed by atoms with Crippen molar-refractivity contribution < 1.29 is 14.3 Å². The van der Waals surface area contributed by atoms with Crippen molar-refractivity contribution in [3.8, 4) is 0 Å². The minimum atomic E-state index is -0.543. The van der Waals surface area contributed by atoms with E-state index in [0.29, 0.717) is 10.6 Å². The molecule has 0 aliphatic rings. The first kappa shape index (κ1) is 15.8. The molecule has 1 rings (SSSR count). The number of nitrogens with one attached hydrogen (secondary N) is 1. The van der Waals surface area contributed by atoms with Crippen LogP contribution >= 0.6 is 23.2 Å². The number of benzene rings is 1. The molecule has 1 amide bonds. The first-order valence-electron chi connectivity index (χ1n) is 5.83. The van der Waals surface area contributed by atoms with Crippen LogP contribution in [-0.4, -0.2) is 24.4 Å². The molecule has 0 spiro atoms. The average Bonchev–Trinajstić information content (AvgIpc) is 2.38. The highest BCUT2D eigenvalue weighted by Gasteiger charge is 2.20. The highest BCUT2D eigenvalue weighted by molar-refractivity contribution is 6.31. The monoisotopic (exact) mass is 303 g/mol. The van der Waals surface area contributed by atoms with Crippen molar-refractivity contribution in [2.75, 3.05) is 12.5 Å². The molecular weight excluding hydrogens is 289 g/mol. The number of rotatable bonds is 6. The number of esters is 1. The molecule has 1 aromatic rings. The number of carbonyl (C=O) groups excluding carboxylic acids is 2. The Kier molecular flexibility index (Phi) is 6.67. The number of amides is 1. The van der Waals surface area contributed by atoms with Crippen LogP contribution in [0.1, 0.15) is 24.9 Å². The van der Waals surface area contributed by atoms with Gasteiger partial charge >= 0.3 is 5.97 Å².